The van der Waals surface area contributed by atoms with E-state index in [-0.39, 0.29) is 5.92 Å². The fraction of sp³-hybridized carbons (Fsp3) is 0.533. The molecule has 90 valence electrons. The van der Waals surface area contributed by atoms with Crippen LogP contribution in [0.5, 0.6) is 0 Å². The van der Waals surface area contributed by atoms with Gasteiger partial charge in [0.2, 0.25) is 0 Å². The highest BCUT2D eigenvalue weighted by Crippen LogP contribution is 2.38. The molecule has 2 rings (SSSR count). The molecule has 17 heavy (non-hydrogen) atoms. The molecule has 2 atom stereocenters. The Morgan fingerprint density at radius 1 is 1.24 bits per heavy atom. The minimum Gasteiger partial charge on any atom is -0.198 e. The second-order valence-corrected chi connectivity index (χ2v) is 6.23. The van der Waals surface area contributed by atoms with E-state index in [0.717, 1.165) is 6.42 Å². The number of hydrogen-bond acceptors (Lipinski definition) is 2. The summed E-state index contributed by atoms with van der Waals surface area (Å²) in [5, 5.41) is 9.69. The number of nitriles is 1. The van der Waals surface area contributed by atoms with Crippen molar-refractivity contribution in [3.8, 4) is 6.07 Å². The van der Waals surface area contributed by atoms with Gasteiger partial charge in [-0.05, 0) is 38.3 Å². The van der Waals surface area contributed by atoms with Crippen LogP contribution in [0.15, 0.2) is 23.1 Å². The maximum absolute atomic E-state index is 9.19. The molecule has 1 aromatic carbocycles. The van der Waals surface area contributed by atoms with E-state index in [1.165, 1.54) is 35.3 Å². The lowest BCUT2D eigenvalue weighted by Crippen LogP contribution is -2.20. The molecule has 1 aliphatic rings. The van der Waals surface area contributed by atoms with Crippen LogP contribution in [0.3, 0.4) is 0 Å². The highest BCUT2D eigenvalue weighted by molar-refractivity contribution is 8.00. The van der Waals surface area contributed by atoms with Gasteiger partial charge < -0.3 is 0 Å². The van der Waals surface area contributed by atoms with Crippen LogP contribution >= 0.6 is 11.8 Å². The van der Waals surface area contributed by atoms with Crippen LogP contribution in [0.2, 0.25) is 0 Å². The summed E-state index contributed by atoms with van der Waals surface area (Å²) in [6.45, 7) is 4.29. The summed E-state index contributed by atoms with van der Waals surface area (Å²) in [6.07, 6.45) is 4.78. The van der Waals surface area contributed by atoms with Gasteiger partial charge in [0, 0.05) is 10.1 Å². The molecule has 0 heterocycles. The van der Waals surface area contributed by atoms with E-state index in [1.807, 2.05) is 11.8 Å². The van der Waals surface area contributed by atoms with Crippen LogP contribution in [0.1, 0.15) is 36.8 Å². The average molecular weight is 245 g/mol. The van der Waals surface area contributed by atoms with Crippen molar-refractivity contribution in [3.63, 3.8) is 0 Å². The first kappa shape index (κ1) is 12.5. The van der Waals surface area contributed by atoms with Crippen LogP contribution in [-0.2, 0) is 0 Å². The largest absolute Gasteiger partial charge is 0.198 e. The van der Waals surface area contributed by atoms with Crippen LogP contribution < -0.4 is 0 Å². The number of aryl methyl sites for hydroxylation is 2. The maximum Gasteiger partial charge on any atom is 0.0667 e. The van der Waals surface area contributed by atoms with E-state index < -0.39 is 0 Å². The molecular weight excluding hydrogens is 226 g/mol. The van der Waals surface area contributed by atoms with Gasteiger partial charge in [-0.15, -0.1) is 11.8 Å². The molecule has 2 unspecified atom stereocenters. The van der Waals surface area contributed by atoms with Crippen molar-refractivity contribution in [2.45, 2.75) is 49.7 Å². The summed E-state index contributed by atoms with van der Waals surface area (Å²) in [5.74, 6) is 0.245. The third kappa shape index (κ3) is 3.04. The fourth-order valence-electron chi connectivity index (χ4n) is 2.48. The van der Waals surface area contributed by atoms with E-state index in [1.54, 1.807) is 0 Å². The van der Waals surface area contributed by atoms with Crippen LogP contribution in [0.4, 0.5) is 0 Å². The first-order chi connectivity index (χ1) is 8.20. The van der Waals surface area contributed by atoms with E-state index in [0.29, 0.717) is 5.25 Å². The zero-order valence-corrected chi connectivity index (χ0v) is 11.4. The zero-order valence-electron chi connectivity index (χ0n) is 10.6. The molecule has 2 heteroatoms. The van der Waals surface area contributed by atoms with Crippen LogP contribution in [-0.4, -0.2) is 5.25 Å². The summed E-state index contributed by atoms with van der Waals surface area (Å²) >= 11 is 1.91. The summed E-state index contributed by atoms with van der Waals surface area (Å²) in [5.41, 5.74) is 2.66. The second kappa shape index (κ2) is 5.60. The Morgan fingerprint density at radius 2 is 2.00 bits per heavy atom. The number of thioether (sulfide) groups is 1. The minimum atomic E-state index is 0.245. The molecule has 1 aliphatic carbocycles. The van der Waals surface area contributed by atoms with E-state index >= 15 is 0 Å². The topological polar surface area (TPSA) is 23.8 Å². The minimum absolute atomic E-state index is 0.245. The van der Waals surface area contributed by atoms with Gasteiger partial charge in [0.05, 0.1) is 12.0 Å². The molecule has 1 fully saturated rings. The molecule has 1 nitrogen and oxygen atoms in total. The zero-order chi connectivity index (χ0) is 12.3. The van der Waals surface area contributed by atoms with Gasteiger partial charge in [-0.2, -0.15) is 5.26 Å². The van der Waals surface area contributed by atoms with Gasteiger partial charge in [0.15, 0.2) is 0 Å². The quantitative estimate of drug-likeness (QED) is 0.767. The van der Waals surface area contributed by atoms with Crippen molar-refractivity contribution in [1.82, 2.24) is 0 Å². The summed E-state index contributed by atoms with van der Waals surface area (Å²) < 4.78 is 0. The highest BCUT2D eigenvalue weighted by atomic mass is 32.2. The first-order valence-corrected chi connectivity index (χ1v) is 7.22. The predicted molar refractivity (Wildman–Crippen MR) is 73.1 cm³/mol. The Bertz CT molecular complexity index is 433. The Hall–Kier alpha value is -0.940. The van der Waals surface area contributed by atoms with Crippen molar-refractivity contribution in [2.75, 3.05) is 0 Å². The fourth-order valence-corrected chi connectivity index (χ4v) is 3.84. The first-order valence-electron chi connectivity index (χ1n) is 6.34. The van der Waals surface area contributed by atoms with Gasteiger partial charge in [0.25, 0.3) is 0 Å². The van der Waals surface area contributed by atoms with Crippen molar-refractivity contribution in [2.24, 2.45) is 5.92 Å². The lowest BCUT2D eigenvalue weighted by Gasteiger charge is -2.26. The summed E-state index contributed by atoms with van der Waals surface area (Å²) in [7, 11) is 0. The maximum atomic E-state index is 9.19. The highest BCUT2D eigenvalue weighted by Gasteiger charge is 2.26. The molecule has 0 N–H and O–H groups in total. The lowest BCUT2D eigenvalue weighted by molar-refractivity contribution is 0.439. The Kier molecular flexibility index (Phi) is 4.12. The van der Waals surface area contributed by atoms with Crippen molar-refractivity contribution < 1.29 is 0 Å². The molecule has 0 spiro atoms. The molecule has 0 aromatic heterocycles. The number of nitrogens with zero attached hydrogens (tertiary/aromatic N) is 1. The molecule has 0 aliphatic heterocycles. The molecule has 1 aromatic rings. The predicted octanol–water partition coefficient (Wildman–Crippen LogP) is 4.48. The number of hydrogen-bond donors (Lipinski definition) is 0. The van der Waals surface area contributed by atoms with Crippen molar-refractivity contribution >= 4 is 11.8 Å². The van der Waals surface area contributed by atoms with Gasteiger partial charge in [-0.1, -0.05) is 30.5 Å². The molecule has 0 bridgehead atoms. The SMILES string of the molecule is Cc1ccc(SC2CCCCC2C#N)c(C)c1. The third-order valence-corrected chi connectivity index (χ3v) is 5.06. The van der Waals surface area contributed by atoms with E-state index in [4.69, 9.17) is 0 Å². The van der Waals surface area contributed by atoms with Crippen LogP contribution in [0.25, 0.3) is 0 Å². The lowest BCUT2D eigenvalue weighted by atomic mass is 9.90. The Labute approximate surface area is 108 Å². The molecule has 1 saturated carbocycles. The van der Waals surface area contributed by atoms with Gasteiger partial charge in [-0.3, -0.25) is 0 Å². The Balaban J connectivity index is 2.11. The summed E-state index contributed by atoms with van der Waals surface area (Å²) in [6, 6.07) is 9.09. The second-order valence-electron chi connectivity index (χ2n) is 4.95. The monoisotopic (exact) mass is 245 g/mol. The van der Waals surface area contributed by atoms with Gasteiger partial charge in [-0.25, -0.2) is 0 Å². The van der Waals surface area contributed by atoms with Gasteiger partial charge >= 0.3 is 0 Å². The average Bonchev–Trinajstić information content (AvgIpc) is 2.33. The molecular formula is C15H19NS. The normalized spacial score (nSPS) is 24.3. The molecule has 0 radical (unpaired) electrons. The molecule has 0 saturated heterocycles. The molecule has 0 amide bonds. The van der Waals surface area contributed by atoms with E-state index in [2.05, 4.69) is 38.1 Å². The van der Waals surface area contributed by atoms with E-state index in [9.17, 15) is 5.26 Å². The summed E-state index contributed by atoms with van der Waals surface area (Å²) in [4.78, 5) is 1.35. The standard InChI is InChI=1S/C15H19NS/c1-11-7-8-14(12(2)9-11)17-15-6-4-3-5-13(15)10-16/h7-9,13,15H,3-6H2,1-2H3. The van der Waals surface area contributed by atoms with Crippen LogP contribution in [0, 0.1) is 31.1 Å². The van der Waals surface area contributed by atoms with Crippen molar-refractivity contribution in [3.05, 3.63) is 29.3 Å². The number of benzene rings is 1. The van der Waals surface area contributed by atoms with Gasteiger partial charge in [0.1, 0.15) is 0 Å². The smallest absolute Gasteiger partial charge is 0.0667 e. The Morgan fingerprint density at radius 3 is 2.71 bits per heavy atom. The van der Waals surface area contributed by atoms with Crippen molar-refractivity contribution in [1.29, 1.82) is 5.26 Å². The number of rotatable bonds is 2. The third-order valence-electron chi connectivity index (χ3n) is 3.48.